The van der Waals surface area contributed by atoms with Crippen LogP contribution in [-0.4, -0.2) is 34.1 Å². The fourth-order valence-corrected chi connectivity index (χ4v) is 10.9. The molecule has 3 aromatic rings. The fraction of sp³-hybridized carbons (Fsp3) is 0.536. The van der Waals surface area contributed by atoms with Gasteiger partial charge in [-0.05, 0) is 146 Å². The third-order valence-corrected chi connectivity index (χ3v) is 15.5. The molecule has 0 saturated carbocycles. The second kappa shape index (κ2) is 18.9. The highest BCUT2D eigenvalue weighted by atomic mass is 16.5. The maximum atomic E-state index is 13.8. The molecule has 7 rings (SSSR count). The van der Waals surface area contributed by atoms with Gasteiger partial charge in [0.25, 0.3) is 0 Å². The topological polar surface area (TPSA) is 127 Å². The SMILES string of the molecule is CC1(C)CCC(C)(C)C2=C1CC(CCc1ccccc1)(C(=O)Oc1ccc(C(=O)O)cc1)C2.CCCCCCC1(C(=O)Oc2ccc(C(=O)O)cc2)CC2=C(C1)C(C)(C)CCC2(C)C. The van der Waals surface area contributed by atoms with E-state index in [0.717, 1.165) is 83.5 Å². The number of esters is 2. The van der Waals surface area contributed by atoms with Crippen molar-refractivity contribution < 1.29 is 38.9 Å². The van der Waals surface area contributed by atoms with Gasteiger partial charge in [0.1, 0.15) is 11.5 Å². The lowest BCUT2D eigenvalue weighted by Crippen LogP contribution is -2.34. The minimum absolute atomic E-state index is 0.0861. The van der Waals surface area contributed by atoms with E-state index in [-0.39, 0.29) is 44.7 Å². The van der Waals surface area contributed by atoms with Crippen molar-refractivity contribution in [2.45, 2.75) is 159 Å². The molecule has 0 aromatic heterocycles. The third-order valence-electron chi connectivity index (χ3n) is 15.5. The average Bonchev–Trinajstić information content (AvgIpc) is 3.88. The van der Waals surface area contributed by atoms with Gasteiger partial charge in [-0.25, -0.2) is 9.59 Å². The summed E-state index contributed by atoms with van der Waals surface area (Å²) in [6, 6.07) is 22.6. The molecular weight excluding hydrogens is 801 g/mol. The first-order chi connectivity index (χ1) is 30.0. The van der Waals surface area contributed by atoms with Crippen molar-refractivity contribution >= 4 is 23.9 Å². The molecule has 0 unspecified atom stereocenters. The molecule has 4 aliphatic rings. The number of benzene rings is 3. The molecule has 3 aromatic carbocycles. The summed E-state index contributed by atoms with van der Waals surface area (Å²) in [6.45, 7) is 20.7. The Bertz CT molecular complexity index is 2200. The largest absolute Gasteiger partial charge is 0.478 e. The van der Waals surface area contributed by atoms with E-state index in [2.05, 4.69) is 74.4 Å². The summed E-state index contributed by atoms with van der Waals surface area (Å²) in [6.07, 6.45) is 14.5. The third kappa shape index (κ3) is 10.6. The van der Waals surface area contributed by atoms with Crippen LogP contribution >= 0.6 is 0 Å². The predicted octanol–water partition coefficient (Wildman–Crippen LogP) is 14.0. The smallest absolute Gasteiger partial charge is 0.335 e. The lowest BCUT2D eigenvalue weighted by Gasteiger charge is -2.41. The predicted molar refractivity (Wildman–Crippen MR) is 253 cm³/mol. The molecule has 0 fully saturated rings. The maximum absolute atomic E-state index is 13.8. The molecule has 0 spiro atoms. The number of ether oxygens (including phenoxy) is 2. The van der Waals surface area contributed by atoms with Gasteiger partial charge in [-0.15, -0.1) is 0 Å². The molecular formula is C56H72O8. The second-order valence-electron chi connectivity index (χ2n) is 22.0. The van der Waals surface area contributed by atoms with Crippen LogP contribution in [0.5, 0.6) is 11.5 Å². The van der Waals surface area contributed by atoms with Crippen LogP contribution in [0.4, 0.5) is 0 Å². The highest BCUT2D eigenvalue weighted by Crippen LogP contribution is 2.62. The Hall–Kier alpha value is -4.98. The molecule has 0 saturated heterocycles. The van der Waals surface area contributed by atoms with Crippen molar-refractivity contribution in [2.75, 3.05) is 0 Å². The highest BCUT2D eigenvalue weighted by Gasteiger charge is 2.55. The fourth-order valence-electron chi connectivity index (χ4n) is 10.9. The number of unbranched alkanes of at least 4 members (excludes halogenated alkanes) is 3. The number of hydrogen-bond donors (Lipinski definition) is 2. The van der Waals surface area contributed by atoms with Crippen molar-refractivity contribution in [1.29, 1.82) is 0 Å². The molecule has 0 amide bonds. The van der Waals surface area contributed by atoms with Gasteiger partial charge in [-0.1, -0.05) is 141 Å². The summed E-state index contributed by atoms with van der Waals surface area (Å²) in [4.78, 5) is 49.7. The lowest BCUT2D eigenvalue weighted by molar-refractivity contribution is -0.147. The molecule has 8 heteroatoms. The number of aryl methyl sites for hydroxylation is 1. The number of carboxylic acid groups (broad SMARTS) is 2. The van der Waals surface area contributed by atoms with Crippen LogP contribution in [0.3, 0.4) is 0 Å². The molecule has 0 bridgehead atoms. The Labute approximate surface area is 381 Å². The molecule has 0 aliphatic heterocycles. The van der Waals surface area contributed by atoms with E-state index in [1.165, 1.54) is 65.0 Å². The van der Waals surface area contributed by atoms with E-state index in [1.807, 2.05) is 18.2 Å². The number of carbonyl (C=O) groups is 4. The summed E-state index contributed by atoms with van der Waals surface area (Å²) < 4.78 is 11.8. The number of carbonyl (C=O) groups excluding carboxylic acids is 2. The van der Waals surface area contributed by atoms with Crippen LogP contribution in [-0.2, 0) is 16.0 Å². The summed E-state index contributed by atoms with van der Waals surface area (Å²) in [7, 11) is 0. The number of hydrogen-bond acceptors (Lipinski definition) is 6. The van der Waals surface area contributed by atoms with Gasteiger partial charge >= 0.3 is 23.9 Å². The summed E-state index contributed by atoms with van der Waals surface area (Å²) in [5.41, 5.74) is 6.70. The first kappa shape index (κ1) is 48.5. The maximum Gasteiger partial charge on any atom is 0.335 e. The summed E-state index contributed by atoms with van der Waals surface area (Å²) in [5.74, 6) is -1.53. The Balaban J connectivity index is 0.000000213. The van der Waals surface area contributed by atoms with Crippen LogP contribution < -0.4 is 9.47 Å². The number of carboxylic acids is 2. The van der Waals surface area contributed by atoms with E-state index in [4.69, 9.17) is 19.7 Å². The zero-order valence-electron chi connectivity index (χ0n) is 40.0. The lowest BCUT2D eigenvalue weighted by atomic mass is 9.64. The molecule has 344 valence electrons. The van der Waals surface area contributed by atoms with E-state index in [0.29, 0.717) is 11.5 Å². The minimum atomic E-state index is -0.996. The Morgan fingerprint density at radius 3 is 1.19 bits per heavy atom. The molecule has 64 heavy (non-hydrogen) atoms. The zero-order chi connectivity index (χ0) is 46.7. The second-order valence-corrected chi connectivity index (χ2v) is 22.0. The van der Waals surface area contributed by atoms with Gasteiger partial charge < -0.3 is 19.7 Å². The van der Waals surface area contributed by atoms with Gasteiger partial charge in [-0.3, -0.25) is 9.59 Å². The molecule has 0 radical (unpaired) electrons. The first-order valence-electron chi connectivity index (χ1n) is 23.6. The van der Waals surface area contributed by atoms with Crippen LogP contribution in [0, 0.1) is 32.5 Å². The van der Waals surface area contributed by atoms with Crippen LogP contribution in [0.1, 0.15) is 178 Å². The minimum Gasteiger partial charge on any atom is -0.478 e. The van der Waals surface area contributed by atoms with E-state index < -0.39 is 22.8 Å². The molecule has 8 nitrogen and oxygen atoms in total. The standard InChI is InChI=1S/C29H34O4.C27H38O4/c1-27(2)16-17-28(3,4)24-19-29(18-23(24)27,15-14-20-8-6-5-7-9-20)26(32)33-22-12-10-21(11-13-22)25(30)31;1-6-7-8-9-14-27(24(30)31-20-12-10-19(11-13-20)23(28)29)17-21-22(18-27)26(4,5)16-15-25(21,2)3/h5-13H,14-19H2,1-4H3,(H,30,31);10-13H,6-9,14-18H2,1-5H3,(H,28,29). The van der Waals surface area contributed by atoms with Crippen molar-refractivity contribution in [1.82, 2.24) is 0 Å². The van der Waals surface area contributed by atoms with Crippen molar-refractivity contribution in [3.63, 3.8) is 0 Å². The van der Waals surface area contributed by atoms with Crippen LogP contribution in [0.15, 0.2) is 101 Å². The normalized spacial score (nSPS) is 20.6. The van der Waals surface area contributed by atoms with E-state index in [1.54, 1.807) is 24.3 Å². The number of aromatic carboxylic acids is 2. The van der Waals surface area contributed by atoms with Crippen molar-refractivity contribution in [2.24, 2.45) is 32.5 Å². The first-order valence-corrected chi connectivity index (χ1v) is 23.6. The van der Waals surface area contributed by atoms with Crippen molar-refractivity contribution in [3.05, 3.63) is 118 Å². The van der Waals surface area contributed by atoms with Gasteiger partial charge in [-0.2, -0.15) is 0 Å². The Morgan fingerprint density at radius 2 is 0.844 bits per heavy atom. The number of allylic oxidation sites excluding steroid dienone is 4. The summed E-state index contributed by atoms with van der Waals surface area (Å²) >= 11 is 0. The van der Waals surface area contributed by atoms with Gasteiger partial charge in [0.2, 0.25) is 0 Å². The molecule has 2 N–H and O–H groups in total. The van der Waals surface area contributed by atoms with Crippen molar-refractivity contribution in [3.8, 4) is 11.5 Å². The summed E-state index contributed by atoms with van der Waals surface area (Å²) in [5, 5.41) is 18.3. The number of rotatable bonds is 14. The molecule has 4 aliphatic carbocycles. The van der Waals surface area contributed by atoms with Gasteiger partial charge in [0.15, 0.2) is 0 Å². The highest BCUT2D eigenvalue weighted by molar-refractivity contribution is 5.89. The molecule has 0 atom stereocenters. The van der Waals surface area contributed by atoms with Crippen LogP contribution in [0.25, 0.3) is 0 Å². The average molecular weight is 873 g/mol. The Morgan fingerprint density at radius 1 is 0.484 bits per heavy atom. The Kier molecular flexibility index (Phi) is 14.3. The van der Waals surface area contributed by atoms with Gasteiger partial charge in [0.05, 0.1) is 22.0 Å². The quantitative estimate of drug-likeness (QED) is 0.0709. The van der Waals surface area contributed by atoms with Gasteiger partial charge in [0, 0.05) is 0 Å². The monoisotopic (exact) mass is 873 g/mol. The zero-order valence-corrected chi connectivity index (χ0v) is 40.0. The van der Waals surface area contributed by atoms with E-state index in [9.17, 15) is 19.2 Å². The van der Waals surface area contributed by atoms with E-state index >= 15 is 0 Å². The molecule has 0 heterocycles. The van der Waals surface area contributed by atoms with Crippen LogP contribution in [0.2, 0.25) is 0 Å².